The van der Waals surface area contributed by atoms with Crippen molar-refractivity contribution in [3.8, 4) is 5.75 Å². The Morgan fingerprint density at radius 2 is 1.81 bits per heavy atom. The molecular weight excluding hydrogens is 276 g/mol. The average molecular weight is 291 g/mol. The van der Waals surface area contributed by atoms with E-state index in [1.54, 1.807) is 25.3 Å². The van der Waals surface area contributed by atoms with Gasteiger partial charge in [0.15, 0.2) is 0 Å². The van der Waals surface area contributed by atoms with Gasteiger partial charge in [-0.3, -0.25) is 0 Å². The molecule has 0 saturated heterocycles. The number of halogens is 2. The fourth-order valence-electron chi connectivity index (χ4n) is 1.75. The summed E-state index contributed by atoms with van der Waals surface area (Å²) in [6.45, 7) is 0.261. The molecule has 0 fully saturated rings. The van der Waals surface area contributed by atoms with Crippen molar-refractivity contribution in [2.45, 2.75) is 13.0 Å². The van der Waals surface area contributed by atoms with Gasteiger partial charge in [0.25, 0.3) is 6.43 Å². The van der Waals surface area contributed by atoms with Gasteiger partial charge in [-0.05, 0) is 17.7 Å². The summed E-state index contributed by atoms with van der Waals surface area (Å²) >= 11 is 0. The van der Waals surface area contributed by atoms with Crippen LogP contribution in [0.5, 0.6) is 5.75 Å². The van der Waals surface area contributed by atoms with E-state index in [9.17, 15) is 8.78 Å². The molecule has 0 N–H and O–H groups in total. The minimum Gasteiger partial charge on any atom is -0.497 e. The minimum absolute atomic E-state index is 0.0608. The predicted octanol–water partition coefficient (Wildman–Crippen LogP) is 4.18. The van der Waals surface area contributed by atoms with Crippen molar-refractivity contribution in [3.63, 3.8) is 0 Å². The Hall–Kier alpha value is -2.43. The summed E-state index contributed by atoms with van der Waals surface area (Å²) in [5.41, 5.74) is 1.20. The summed E-state index contributed by atoms with van der Waals surface area (Å²) in [6.07, 6.45) is -1.24. The van der Waals surface area contributed by atoms with Crippen molar-refractivity contribution in [2.75, 3.05) is 7.11 Å². The quantitative estimate of drug-likeness (QED) is 0.590. The van der Waals surface area contributed by atoms with Crippen LogP contribution in [0.25, 0.3) is 0 Å². The van der Waals surface area contributed by atoms with E-state index in [1.165, 1.54) is 12.3 Å². The van der Waals surface area contributed by atoms with E-state index in [-0.39, 0.29) is 12.2 Å². The third-order valence-electron chi connectivity index (χ3n) is 2.89. The molecule has 0 saturated carbocycles. The molecule has 0 aromatic heterocycles. The first kappa shape index (κ1) is 15.0. The van der Waals surface area contributed by atoms with Gasteiger partial charge in [0.05, 0.1) is 13.3 Å². The van der Waals surface area contributed by atoms with Gasteiger partial charge in [0, 0.05) is 11.1 Å². The van der Waals surface area contributed by atoms with Gasteiger partial charge in [0.2, 0.25) is 0 Å². The highest BCUT2D eigenvalue weighted by molar-refractivity contribution is 5.81. The third kappa shape index (κ3) is 4.27. The normalized spacial score (nSPS) is 11.0. The highest BCUT2D eigenvalue weighted by atomic mass is 19.3. The molecular formula is C16H15F2NO2. The van der Waals surface area contributed by atoms with E-state index in [2.05, 4.69) is 5.16 Å². The lowest BCUT2D eigenvalue weighted by Crippen LogP contribution is -1.94. The van der Waals surface area contributed by atoms with E-state index in [1.807, 2.05) is 24.3 Å². The number of hydrogen-bond donors (Lipinski definition) is 0. The van der Waals surface area contributed by atoms with Crippen molar-refractivity contribution >= 4 is 6.21 Å². The van der Waals surface area contributed by atoms with E-state index >= 15 is 0 Å². The molecule has 0 unspecified atom stereocenters. The zero-order valence-electron chi connectivity index (χ0n) is 11.5. The van der Waals surface area contributed by atoms with Crippen LogP contribution in [0.2, 0.25) is 0 Å². The molecule has 5 heteroatoms. The molecule has 0 aliphatic rings. The zero-order chi connectivity index (χ0) is 15.1. The molecule has 21 heavy (non-hydrogen) atoms. The number of methoxy groups -OCH3 is 1. The molecule has 0 heterocycles. The van der Waals surface area contributed by atoms with Crippen LogP contribution in [0.15, 0.2) is 53.7 Å². The zero-order valence-corrected chi connectivity index (χ0v) is 11.5. The summed E-state index contributed by atoms with van der Waals surface area (Å²) < 4.78 is 30.6. The highest BCUT2D eigenvalue weighted by Crippen LogP contribution is 2.21. The molecule has 0 spiro atoms. The number of nitrogens with zero attached hydrogens (tertiary/aromatic N) is 1. The number of oxime groups is 1. The SMILES string of the molecule is COc1ccc(CON=Cc2ccccc2C(F)F)cc1. The average Bonchev–Trinajstić information content (AvgIpc) is 2.52. The van der Waals surface area contributed by atoms with Crippen LogP contribution >= 0.6 is 0 Å². The smallest absolute Gasteiger partial charge is 0.264 e. The van der Waals surface area contributed by atoms with E-state index in [4.69, 9.17) is 9.57 Å². The second-order valence-electron chi connectivity index (χ2n) is 4.29. The standard InChI is InChI=1S/C16H15F2NO2/c1-20-14-8-6-12(7-9-14)11-21-19-10-13-4-2-3-5-15(13)16(17)18/h2-10,16H,11H2,1H3. The Labute approximate surface area is 121 Å². The first-order valence-electron chi connectivity index (χ1n) is 6.36. The van der Waals surface area contributed by atoms with Crippen molar-refractivity contribution in [1.29, 1.82) is 0 Å². The van der Waals surface area contributed by atoms with Crippen LogP contribution in [-0.4, -0.2) is 13.3 Å². The lowest BCUT2D eigenvalue weighted by atomic mass is 10.1. The maximum Gasteiger partial charge on any atom is 0.264 e. The van der Waals surface area contributed by atoms with Crippen molar-refractivity contribution in [3.05, 3.63) is 65.2 Å². The molecule has 2 rings (SSSR count). The van der Waals surface area contributed by atoms with Crippen molar-refractivity contribution < 1.29 is 18.4 Å². The third-order valence-corrected chi connectivity index (χ3v) is 2.89. The Balaban J connectivity index is 1.93. The predicted molar refractivity (Wildman–Crippen MR) is 76.8 cm³/mol. The van der Waals surface area contributed by atoms with Crippen LogP contribution < -0.4 is 4.74 Å². The van der Waals surface area contributed by atoms with Gasteiger partial charge in [0.1, 0.15) is 12.4 Å². The lowest BCUT2D eigenvalue weighted by molar-refractivity contribution is 0.131. The van der Waals surface area contributed by atoms with Crippen molar-refractivity contribution in [2.24, 2.45) is 5.16 Å². The second-order valence-corrected chi connectivity index (χ2v) is 4.29. The number of alkyl halides is 2. The van der Waals surface area contributed by atoms with E-state index < -0.39 is 6.43 Å². The summed E-state index contributed by atoms with van der Waals surface area (Å²) in [4.78, 5) is 5.12. The Bertz CT molecular complexity index is 597. The van der Waals surface area contributed by atoms with Crippen LogP contribution in [-0.2, 0) is 11.4 Å². The summed E-state index contributed by atoms with van der Waals surface area (Å²) in [7, 11) is 1.59. The topological polar surface area (TPSA) is 30.8 Å². The largest absolute Gasteiger partial charge is 0.497 e. The maximum absolute atomic E-state index is 12.8. The number of hydrogen-bond acceptors (Lipinski definition) is 3. The monoisotopic (exact) mass is 291 g/mol. The Morgan fingerprint density at radius 3 is 2.48 bits per heavy atom. The van der Waals surface area contributed by atoms with E-state index in [0.29, 0.717) is 5.56 Å². The summed E-state index contributed by atoms with van der Waals surface area (Å²) in [6, 6.07) is 13.5. The van der Waals surface area contributed by atoms with Gasteiger partial charge in [-0.2, -0.15) is 0 Å². The van der Waals surface area contributed by atoms with Gasteiger partial charge in [-0.15, -0.1) is 0 Å². The molecule has 0 bridgehead atoms. The molecule has 2 aromatic rings. The molecule has 3 nitrogen and oxygen atoms in total. The second kappa shape index (κ2) is 7.38. The van der Waals surface area contributed by atoms with E-state index in [0.717, 1.165) is 11.3 Å². The van der Waals surface area contributed by atoms with Crippen LogP contribution in [0, 0.1) is 0 Å². The summed E-state index contributed by atoms with van der Waals surface area (Å²) in [5, 5.41) is 3.73. The Morgan fingerprint density at radius 1 is 1.10 bits per heavy atom. The Kier molecular flexibility index (Phi) is 5.26. The first-order valence-corrected chi connectivity index (χ1v) is 6.36. The fraction of sp³-hybridized carbons (Fsp3) is 0.188. The molecule has 0 radical (unpaired) electrons. The molecule has 110 valence electrons. The van der Waals surface area contributed by atoms with Crippen LogP contribution in [0.1, 0.15) is 23.1 Å². The lowest BCUT2D eigenvalue weighted by Gasteiger charge is -2.04. The minimum atomic E-state index is -2.53. The van der Waals surface area contributed by atoms with Gasteiger partial charge in [-0.1, -0.05) is 41.6 Å². The highest BCUT2D eigenvalue weighted by Gasteiger charge is 2.10. The summed E-state index contributed by atoms with van der Waals surface area (Å²) in [5.74, 6) is 0.758. The number of ether oxygens (including phenoxy) is 1. The van der Waals surface area contributed by atoms with Gasteiger partial charge < -0.3 is 9.57 Å². The molecule has 2 aromatic carbocycles. The maximum atomic E-state index is 12.8. The van der Waals surface area contributed by atoms with Crippen molar-refractivity contribution in [1.82, 2.24) is 0 Å². The molecule has 0 amide bonds. The number of benzene rings is 2. The molecule has 0 atom stereocenters. The van der Waals surface area contributed by atoms with Crippen LogP contribution in [0.4, 0.5) is 8.78 Å². The number of rotatable bonds is 6. The fourth-order valence-corrected chi connectivity index (χ4v) is 1.75. The van der Waals surface area contributed by atoms with Gasteiger partial charge in [-0.25, -0.2) is 8.78 Å². The molecule has 0 aliphatic heterocycles. The first-order chi connectivity index (χ1) is 10.2. The van der Waals surface area contributed by atoms with Crippen LogP contribution in [0.3, 0.4) is 0 Å². The molecule has 0 aliphatic carbocycles. The van der Waals surface area contributed by atoms with Gasteiger partial charge >= 0.3 is 0 Å².